The van der Waals surface area contributed by atoms with E-state index in [1.807, 2.05) is 11.3 Å². The SMILES string of the molecule is CC(C)c1scc2c1CCC2. The van der Waals surface area contributed by atoms with Gasteiger partial charge in [-0.1, -0.05) is 13.8 Å². The van der Waals surface area contributed by atoms with E-state index in [0.29, 0.717) is 0 Å². The van der Waals surface area contributed by atoms with Gasteiger partial charge in [-0.05, 0) is 41.7 Å². The van der Waals surface area contributed by atoms with Crippen molar-refractivity contribution in [2.75, 3.05) is 0 Å². The summed E-state index contributed by atoms with van der Waals surface area (Å²) >= 11 is 1.96. The molecule has 11 heavy (non-hydrogen) atoms. The van der Waals surface area contributed by atoms with E-state index in [1.54, 1.807) is 16.0 Å². The van der Waals surface area contributed by atoms with Crippen LogP contribution in [0.4, 0.5) is 0 Å². The normalized spacial score (nSPS) is 15.9. The third-order valence-electron chi connectivity index (χ3n) is 2.41. The molecule has 1 aliphatic rings. The lowest BCUT2D eigenvalue weighted by Gasteiger charge is -2.02. The number of rotatable bonds is 1. The molecule has 0 saturated heterocycles. The maximum absolute atomic E-state index is 2.36. The first kappa shape index (κ1) is 7.35. The molecule has 2 rings (SSSR count). The summed E-state index contributed by atoms with van der Waals surface area (Å²) < 4.78 is 0. The van der Waals surface area contributed by atoms with E-state index in [0.717, 1.165) is 5.92 Å². The second-order valence-corrected chi connectivity index (χ2v) is 4.52. The molecule has 0 N–H and O–H groups in total. The van der Waals surface area contributed by atoms with E-state index in [9.17, 15) is 0 Å². The Kier molecular flexibility index (Phi) is 1.76. The van der Waals surface area contributed by atoms with Crippen molar-refractivity contribution < 1.29 is 0 Å². The van der Waals surface area contributed by atoms with Crippen molar-refractivity contribution in [3.8, 4) is 0 Å². The Hall–Kier alpha value is -0.300. The molecule has 60 valence electrons. The fraction of sp³-hybridized carbons (Fsp3) is 0.600. The zero-order valence-electron chi connectivity index (χ0n) is 7.18. The van der Waals surface area contributed by atoms with Crippen molar-refractivity contribution >= 4 is 11.3 Å². The van der Waals surface area contributed by atoms with Gasteiger partial charge in [-0.15, -0.1) is 11.3 Å². The van der Waals surface area contributed by atoms with E-state index in [-0.39, 0.29) is 0 Å². The van der Waals surface area contributed by atoms with Gasteiger partial charge in [0, 0.05) is 4.88 Å². The predicted octanol–water partition coefficient (Wildman–Crippen LogP) is 3.36. The maximum Gasteiger partial charge on any atom is 0.0105 e. The molecule has 0 spiro atoms. The summed E-state index contributed by atoms with van der Waals surface area (Å²) in [5.41, 5.74) is 3.32. The summed E-state index contributed by atoms with van der Waals surface area (Å²) in [4.78, 5) is 1.64. The van der Waals surface area contributed by atoms with E-state index in [1.165, 1.54) is 19.3 Å². The zero-order valence-corrected chi connectivity index (χ0v) is 8.00. The molecule has 0 fully saturated rings. The third-order valence-corrected chi connectivity index (χ3v) is 3.78. The van der Waals surface area contributed by atoms with Crippen LogP contribution >= 0.6 is 11.3 Å². The van der Waals surface area contributed by atoms with E-state index < -0.39 is 0 Å². The highest BCUT2D eigenvalue weighted by Crippen LogP contribution is 2.34. The molecular weight excluding hydrogens is 152 g/mol. The van der Waals surface area contributed by atoms with E-state index in [4.69, 9.17) is 0 Å². The number of aryl methyl sites for hydroxylation is 1. The molecule has 1 aliphatic carbocycles. The summed E-state index contributed by atoms with van der Waals surface area (Å²) in [6, 6.07) is 0. The number of hydrogen-bond donors (Lipinski definition) is 0. The Labute approximate surface area is 72.3 Å². The van der Waals surface area contributed by atoms with Gasteiger partial charge in [0.25, 0.3) is 0 Å². The molecule has 1 aromatic rings. The molecular formula is C10H14S. The molecule has 0 saturated carbocycles. The fourth-order valence-electron chi connectivity index (χ4n) is 1.87. The lowest BCUT2D eigenvalue weighted by Crippen LogP contribution is -1.87. The number of fused-ring (bicyclic) bond motifs is 1. The van der Waals surface area contributed by atoms with Crippen LogP contribution in [0.2, 0.25) is 0 Å². The molecule has 1 heteroatoms. The first-order valence-corrected chi connectivity index (χ1v) is 5.26. The van der Waals surface area contributed by atoms with Gasteiger partial charge in [0.05, 0.1) is 0 Å². The van der Waals surface area contributed by atoms with Gasteiger partial charge < -0.3 is 0 Å². The van der Waals surface area contributed by atoms with Gasteiger partial charge in [0.2, 0.25) is 0 Å². The Morgan fingerprint density at radius 1 is 1.36 bits per heavy atom. The average Bonchev–Trinajstić information content (AvgIpc) is 2.41. The Balaban J connectivity index is 2.42. The molecule has 0 amide bonds. The molecule has 0 bridgehead atoms. The average molecular weight is 166 g/mol. The van der Waals surface area contributed by atoms with E-state index >= 15 is 0 Å². The van der Waals surface area contributed by atoms with Crippen LogP contribution in [0.25, 0.3) is 0 Å². The predicted molar refractivity (Wildman–Crippen MR) is 50.4 cm³/mol. The minimum absolute atomic E-state index is 0.738. The highest BCUT2D eigenvalue weighted by molar-refractivity contribution is 7.10. The molecule has 0 unspecified atom stereocenters. The first-order valence-electron chi connectivity index (χ1n) is 4.38. The first-order chi connectivity index (χ1) is 5.29. The highest BCUT2D eigenvalue weighted by atomic mass is 32.1. The Morgan fingerprint density at radius 3 is 2.91 bits per heavy atom. The quantitative estimate of drug-likeness (QED) is 0.600. The molecule has 0 aliphatic heterocycles. The summed E-state index contributed by atoms with van der Waals surface area (Å²) in [6.45, 7) is 4.59. The van der Waals surface area contributed by atoms with Crippen LogP contribution < -0.4 is 0 Å². The topological polar surface area (TPSA) is 0 Å². The fourth-order valence-corrected chi connectivity index (χ4v) is 3.05. The lowest BCUT2D eigenvalue weighted by atomic mass is 10.1. The molecule has 0 aromatic carbocycles. The summed E-state index contributed by atoms with van der Waals surface area (Å²) in [5, 5.41) is 2.36. The van der Waals surface area contributed by atoms with Crippen LogP contribution in [-0.4, -0.2) is 0 Å². The molecule has 1 aromatic heterocycles. The van der Waals surface area contributed by atoms with Gasteiger partial charge >= 0.3 is 0 Å². The summed E-state index contributed by atoms with van der Waals surface area (Å²) in [7, 11) is 0. The van der Waals surface area contributed by atoms with Gasteiger partial charge in [-0.2, -0.15) is 0 Å². The summed E-state index contributed by atoms with van der Waals surface area (Å²) in [5.74, 6) is 0.738. The van der Waals surface area contributed by atoms with Crippen LogP contribution in [0.15, 0.2) is 5.38 Å². The van der Waals surface area contributed by atoms with Gasteiger partial charge in [0.15, 0.2) is 0 Å². The molecule has 0 nitrogen and oxygen atoms in total. The van der Waals surface area contributed by atoms with Gasteiger partial charge in [-0.25, -0.2) is 0 Å². The van der Waals surface area contributed by atoms with Crippen molar-refractivity contribution in [1.82, 2.24) is 0 Å². The molecule has 1 heterocycles. The van der Waals surface area contributed by atoms with Crippen LogP contribution in [-0.2, 0) is 12.8 Å². The monoisotopic (exact) mass is 166 g/mol. The van der Waals surface area contributed by atoms with Crippen molar-refractivity contribution in [1.29, 1.82) is 0 Å². The van der Waals surface area contributed by atoms with Gasteiger partial charge in [0.1, 0.15) is 0 Å². The van der Waals surface area contributed by atoms with Gasteiger partial charge in [-0.3, -0.25) is 0 Å². The van der Waals surface area contributed by atoms with Crippen molar-refractivity contribution in [3.63, 3.8) is 0 Å². The standard InChI is InChI=1S/C10H14S/c1-7(2)10-9-5-3-4-8(9)6-11-10/h6-7H,3-5H2,1-2H3. The van der Waals surface area contributed by atoms with Crippen LogP contribution in [0.3, 0.4) is 0 Å². The van der Waals surface area contributed by atoms with E-state index in [2.05, 4.69) is 19.2 Å². The highest BCUT2D eigenvalue weighted by Gasteiger charge is 2.17. The zero-order chi connectivity index (χ0) is 7.84. The number of hydrogen-bond acceptors (Lipinski definition) is 1. The minimum Gasteiger partial charge on any atom is -0.148 e. The smallest absolute Gasteiger partial charge is 0.0105 e. The number of thiophene rings is 1. The largest absolute Gasteiger partial charge is 0.148 e. The second kappa shape index (κ2) is 2.63. The summed E-state index contributed by atoms with van der Waals surface area (Å²) in [6.07, 6.45) is 4.06. The molecule has 0 radical (unpaired) electrons. The van der Waals surface area contributed by atoms with Crippen molar-refractivity contribution in [2.24, 2.45) is 0 Å². The Bertz CT molecular complexity index is 258. The second-order valence-electron chi connectivity index (χ2n) is 3.61. The van der Waals surface area contributed by atoms with Crippen LogP contribution in [0, 0.1) is 0 Å². The van der Waals surface area contributed by atoms with Crippen LogP contribution in [0.5, 0.6) is 0 Å². The lowest BCUT2D eigenvalue weighted by molar-refractivity contribution is 0.856. The molecule has 0 atom stereocenters. The van der Waals surface area contributed by atoms with Crippen molar-refractivity contribution in [2.45, 2.75) is 39.0 Å². The Morgan fingerprint density at radius 2 is 2.18 bits per heavy atom. The maximum atomic E-state index is 2.36. The minimum atomic E-state index is 0.738. The van der Waals surface area contributed by atoms with Crippen molar-refractivity contribution in [3.05, 3.63) is 21.4 Å². The third kappa shape index (κ3) is 1.12. The van der Waals surface area contributed by atoms with Crippen LogP contribution in [0.1, 0.15) is 42.2 Å².